The topological polar surface area (TPSA) is 67.9 Å². The van der Waals surface area contributed by atoms with E-state index >= 15 is 0 Å². The number of hydrogen-bond acceptors (Lipinski definition) is 5. The average Bonchev–Trinajstić information content (AvgIpc) is 2.88. The van der Waals surface area contributed by atoms with E-state index < -0.39 is 11.8 Å². The van der Waals surface area contributed by atoms with E-state index in [1.807, 2.05) is 37.3 Å². The van der Waals surface area contributed by atoms with Gasteiger partial charge in [-0.15, -0.1) is 0 Å². The normalized spacial score (nSPS) is 14.7. The number of nitrogens with one attached hydrogen (secondary N) is 1. The Hall–Kier alpha value is -2.66. The molecule has 0 atom stereocenters. The number of anilines is 1. The van der Waals surface area contributed by atoms with Gasteiger partial charge in [0, 0.05) is 0 Å². The number of aryl methyl sites for hydroxylation is 1. The zero-order valence-corrected chi connectivity index (χ0v) is 24.3. The van der Waals surface area contributed by atoms with Gasteiger partial charge in [-0.1, -0.05) is 48.3 Å². The highest BCUT2D eigenvalue weighted by Gasteiger charge is 2.34. The molecule has 6 nitrogen and oxygen atoms in total. The molecule has 0 aromatic heterocycles. The van der Waals surface area contributed by atoms with Gasteiger partial charge in [0.25, 0.3) is 11.8 Å². The summed E-state index contributed by atoms with van der Waals surface area (Å²) in [5, 5.41) is 3.55. The van der Waals surface area contributed by atoms with E-state index in [9.17, 15) is 9.59 Å². The summed E-state index contributed by atoms with van der Waals surface area (Å²) in [6.07, 6.45) is 2.38. The molecular formula is C27H21Cl2IN2O4S. The van der Waals surface area contributed by atoms with Gasteiger partial charge in [-0.25, -0.2) is 0 Å². The van der Waals surface area contributed by atoms with E-state index in [1.54, 1.807) is 24.3 Å². The van der Waals surface area contributed by atoms with Crippen molar-refractivity contribution >= 4 is 86.7 Å². The lowest BCUT2D eigenvalue weighted by molar-refractivity contribution is -0.122. The third-order valence-corrected chi connectivity index (χ3v) is 7.46. The smallest absolute Gasteiger partial charge is 0.270 e. The maximum absolute atomic E-state index is 13.4. The van der Waals surface area contributed by atoms with Crippen molar-refractivity contribution < 1.29 is 19.1 Å². The fourth-order valence-corrected chi connectivity index (χ4v) is 5.07. The third-order valence-electron chi connectivity index (χ3n) is 5.63. The predicted molar refractivity (Wildman–Crippen MR) is 159 cm³/mol. The minimum atomic E-state index is -0.564. The molecule has 3 aromatic rings. The van der Waals surface area contributed by atoms with E-state index in [0.717, 1.165) is 21.1 Å². The van der Waals surface area contributed by atoms with Crippen LogP contribution in [0.2, 0.25) is 10.0 Å². The van der Waals surface area contributed by atoms with Crippen molar-refractivity contribution in [3.63, 3.8) is 0 Å². The quantitative estimate of drug-likeness (QED) is 0.134. The Morgan fingerprint density at radius 2 is 1.73 bits per heavy atom. The molecule has 1 N–H and O–H groups in total. The first-order chi connectivity index (χ1) is 17.7. The number of carbonyl (C=O) groups is 2. The van der Waals surface area contributed by atoms with E-state index in [4.69, 9.17) is 44.9 Å². The number of carbonyl (C=O) groups excluding carboxylic acids is 2. The lowest BCUT2D eigenvalue weighted by atomic mass is 10.1. The highest BCUT2D eigenvalue weighted by molar-refractivity contribution is 14.1. The van der Waals surface area contributed by atoms with Crippen LogP contribution in [0.1, 0.15) is 23.6 Å². The van der Waals surface area contributed by atoms with Crippen molar-refractivity contribution in [2.45, 2.75) is 20.0 Å². The fraction of sp³-hybridized carbons (Fsp3) is 0.148. The van der Waals surface area contributed by atoms with Crippen LogP contribution in [0.3, 0.4) is 0 Å². The van der Waals surface area contributed by atoms with Crippen molar-refractivity contribution in [3.05, 3.63) is 90.5 Å². The molecule has 2 amide bonds. The number of hydrogen-bond donors (Lipinski definition) is 1. The van der Waals surface area contributed by atoms with Gasteiger partial charge in [-0.2, -0.15) is 0 Å². The average molecular weight is 667 g/mol. The molecule has 3 aromatic carbocycles. The van der Waals surface area contributed by atoms with Gasteiger partial charge in [0.2, 0.25) is 0 Å². The lowest BCUT2D eigenvalue weighted by Crippen LogP contribution is -2.54. The molecule has 0 aliphatic carbocycles. The molecule has 1 aliphatic heterocycles. The Kier molecular flexibility index (Phi) is 8.74. The monoisotopic (exact) mass is 666 g/mol. The molecule has 10 heteroatoms. The van der Waals surface area contributed by atoms with Gasteiger partial charge in [0.05, 0.1) is 26.4 Å². The van der Waals surface area contributed by atoms with Gasteiger partial charge in [0.1, 0.15) is 12.2 Å². The van der Waals surface area contributed by atoms with Gasteiger partial charge in [0.15, 0.2) is 16.6 Å². The van der Waals surface area contributed by atoms with Crippen LogP contribution < -0.4 is 19.7 Å². The Morgan fingerprint density at radius 3 is 2.38 bits per heavy atom. The van der Waals surface area contributed by atoms with Crippen molar-refractivity contribution in [3.8, 4) is 11.5 Å². The summed E-state index contributed by atoms with van der Waals surface area (Å²) < 4.78 is 12.3. The van der Waals surface area contributed by atoms with Crippen LogP contribution in [0.5, 0.6) is 11.5 Å². The summed E-state index contributed by atoms with van der Waals surface area (Å²) in [6.45, 7) is 2.29. The predicted octanol–water partition coefficient (Wildman–Crippen LogP) is 6.58. The fourth-order valence-electron chi connectivity index (χ4n) is 3.69. The lowest BCUT2D eigenvalue weighted by Gasteiger charge is -2.29. The zero-order valence-electron chi connectivity index (χ0n) is 19.8. The van der Waals surface area contributed by atoms with Gasteiger partial charge >= 0.3 is 0 Å². The summed E-state index contributed by atoms with van der Waals surface area (Å²) >= 11 is 19.5. The second-order valence-electron chi connectivity index (χ2n) is 8.05. The standard InChI is InChI=1S/C27H21Cl2IN2O4S/c1-3-15-4-7-18(8-5-15)32-26(34)19(25(33)31-27(32)37)10-17-12-22(30)24(23(13-17)35-2)36-14-16-6-9-20(28)21(29)11-16/h4-13H,3,14H2,1-2H3,(H,31,33,37)/b19-10+. The Morgan fingerprint density at radius 1 is 1.03 bits per heavy atom. The number of thiocarbonyl (C=S) groups is 1. The molecule has 1 saturated heterocycles. The molecule has 0 saturated carbocycles. The molecule has 0 spiro atoms. The van der Waals surface area contributed by atoms with Crippen molar-refractivity contribution in [1.82, 2.24) is 5.32 Å². The summed E-state index contributed by atoms with van der Waals surface area (Å²) in [6, 6.07) is 16.2. The van der Waals surface area contributed by atoms with E-state index in [1.165, 1.54) is 18.1 Å². The van der Waals surface area contributed by atoms with Gasteiger partial charge < -0.3 is 9.47 Å². The summed E-state index contributed by atoms with van der Waals surface area (Å²) in [5.74, 6) is -0.100. The molecule has 0 bridgehead atoms. The first kappa shape index (κ1) is 27.4. The maximum atomic E-state index is 13.4. The molecule has 1 heterocycles. The van der Waals surface area contributed by atoms with Crippen LogP contribution >= 0.6 is 58.0 Å². The van der Waals surface area contributed by atoms with Gasteiger partial charge in [-0.05, 0) is 100 Å². The highest BCUT2D eigenvalue weighted by Crippen LogP contribution is 2.36. The second kappa shape index (κ2) is 11.8. The highest BCUT2D eigenvalue weighted by atomic mass is 127. The molecule has 1 aliphatic rings. The number of benzene rings is 3. The minimum Gasteiger partial charge on any atom is -0.493 e. The first-order valence-electron chi connectivity index (χ1n) is 11.2. The van der Waals surface area contributed by atoms with Gasteiger partial charge in [-0.3, -0.25) is 19.8 Å². The van der Waals surface area contributed by atoms with Crippen molar-refractivity contribution in [2.24, 2.45) is 0 Å². The largest absolute Gasteiger partial charge is 0.493 e. The summed E-state index contributed by atoms with van der Waals surface area (Å²) in [4.78, 5) is 27.4. The van der Waals surface area contributed by atoms with E-state index in [-0.39, 0.29) is 17.3 Å². The SMILES string of the molecule is CCc1ccc(N2C(=O)/C(=C/c3cc(I)c(OCc4ccc(Cl)c(Cl)c4)c(OC)c3)C(=O)NC2=S)cc1. The number of nitrogens with zero attached hydrogens (tertiary/aromatic N) is 1. The zero-order chi connectivity index (χ0) is 26.7. The third kappa shape index (κ3) is 6.09. The number of methoxy groups -OCH3 is 1. The minimum absolute atomic E-state index is 0.0367. The van der Waals surface area contributed by atoms with Crippen LogP contribution in [0.15, 0.2) is 60.2 Å². The molecule has 37 heavy (non-hydrogen) atoms. The van der Waals surface area contributed by atoms with Crippen LogP contribution in [0, 0.1) is 3.57 Å². The Bertz CT molecular complexity index is 1430. The molecule has 1 fully saturated rings. The number of rotatable bonds is 7. The van der Waals surface area contributed by atoms with E-state index in [0.29, 0.717) is 32.8 Å². The number of ether oxygens (including phenoxy) is 2. The first-order valence-corrected chi connectivity index (χ1v) is 13.4. The summed E-state index contributed by atoms with van der Waals surface area (Å²) in [5.41, 5.74) is 3.09. The molecular weight excluding hydrogens is 646 g/mol. The van der Waals surface area contributed by atoms with Crippen molar-refractivity contribution in [1.29, 1.82) is 0 Å². The number of amides is 2. The van der Waals surface area contributed by atoms with Crippen molar-refractivity contribution in [2.75, 3.05) is 12.0 Å². The van der Waals surface area contributed by atoms with Crippen LogP contribution in [-0.4, -0.2) is 24.0 Å². The molecule has 0 radical (unpaired) electrons. The Balaban J connectivity index is 1.62. The Labute approximate surface area is 243 Å². The van der Waals surface area contributed by atoms with Crippen LogP contribution in [0.25, 0.3) is 6.08 Å². The number of halogens is 3. The molecule has 4 rings (SSSR count). The van der Waals surface area contributed by atoms with E-state index in [2.05, 4.69) is 27.9 Å². The van der Waals surface area contributed by atoms with Crippen LogP contribution in [0.4, 0.5) is 5.69 Å². The second-order valence-corrected chi connectivity index (χ2v) is 10.4. The maximum Gasteiger partial charge on any atom is 0.270 e. The van der Waals surface area contributed by atoms with Crippen LogP contribution in [-0.2, 0) is 22.6 Å². The summed E-state index contributed by atoms with van der Waals surface area (Å²) in [7, 11) is 1.52. The molecule has 190 valence electrons. The molecule has 0 unspecified atom stereocenters.